The Kier molecular flexibility index (Phi) is 3.81. The first-order valence-corrected chi connectivity index (χ1v) is 9.80. The van der Waals surface area contributed by atoms with E-state index in [-0.39, 0.29) is 24.0 Å². The fourth-order valence-corrected chi connectivity index (χ4v) is 4.88. The summed E-state index contributed by atoms with van der Waals surface area (Å²) in [4.78, 5) is 18.0. The third-order valence-electron chi connectivity index (χ3n) is 6.52. The van der Waals surface area contributed by atoms with Gasteiger partial charge in [-0.15, -0.1) is 0 Å². The van der Waals surface area contributed by atoms with Crippen LogP contribution in [0.5, 0.6) is 17.2 Å². The highest BCUT2D eigenvalue weighted by atomic mass is 16.5. The molecule has 0 bridgehead atoms. The number of carbonyl (C=O) groups is 1. The molecule has 28 heavy (non-hydrogen) atoms. The Labute approximate surface area is 164 Å². The number of phenolic OH excluding ortho intramolecular Hbond substituents is 2. The number of anilines is 1. The van der Waals surface area contributed by atoms with Crippen LogP contribution >= 0.6 is 0 Å². The quantitative estimate of drug-likeness (QED) is 0.783. The highest BCUT2D eigenvalue weighted by molar-refractivity contribution is 6.11. The van der Waals surface area contributed by atoms with Crippen LogP contribution in [-0.4, -0.2) is 54.3 Å². The van der Waals surface area contributed by atoms with Gasteiger partial charge >= 0.3 is 0 Å². The van der Waals surface area contributed by atoms with E-state index in [1.54, 1.807) is 0 Å². The number of benzene rings is 2. The van der Waals surface area contributed by atoms with E-state index in [4.69, 9.17) is 4.74 Å². The maximum atomic E-state index is 13.8. The molecule has 146 valence electrons. The van der Waals surface area contributed by atoms with Crippen LogP contribution in [0.4, 0.5) is 5.69 Å². The molecule has 1 spiro atoms. The number of rotatable bonds is 2. The van der Waals surface area contributed by atoms with Crippen molar-refractivity contribution >= 4 is 11.6 Å². The molecule has 2 aromatic carbocycles. The third-order valence-corrected chi connectivity index (χ3v) is 6.52. The Balaban J connectivity index is 1.57. The molecule has 0 saturated carbocycles. The molecule has 0 aliphatic carbocycles. The number of ether oxygens (including phenoxy) is 1. The molecule has 2 N–H and O–H groups in total. The number of carbonyl (C=O) groups excluding carboxylic acids is 1. The smallest absolute Gasteiger partial charge is 0.245 e. The average Bonchev–Trinajstić information content (AvgIpc) is 3.17. The van der Waals surface area contributed by atoms with Gasteiger partial charge < -0.3 is 24.7 Å². The zero-order valence-electron chi connectivity index (χ0n) is 15.9. The predicted octanol–water partition coefficient (Wildman–Crippen LogP) is 2.46. The summed E-state index contributed by atoms with van der Waals surface area (Å²) in [5.41, 5.74) is 1.51. The highest BCUT2D eigenvalue weighted by Crippen LogP contribution is 2.54. The molecule has 6 nitrogen and oxygen atoms in total. The normalized spacial score (nSPS) is 24.5. The summed E-state index contributed by atoms with van der Waals surface area (Å²) < 4.78 is 5.83. The average molecular weight is 380 g/mol. The van der Waals surface area contributed by atoms with Gasteiger partial charge in [-0.05, 0) is 56.6 Å². The van der Waals surface area contributed by atoms with E-state index in [1.807, 2.05) is 29.2 Å². The lowest BCUT2D eigenvalue weighted by Crippen LogP contribution is -2.45. The van der Waals surface area contributed by atoms with Crippen LogP contribution in [-0.2, 0) is 10.2 Å². The largest absolute Gasteiger partial charge is 0.504 e. The summed E-state index contributed by atoms with van der Waals surface area (Å²) in [6.07, 6.45) is 2.16. The zero-order valence-corrected chi connectivity index (χ0v) is 15.9. The molecule has 6 heteroatoms. The Morgan fingerprint density at radius 3 is 2.61 bits per heavy atom. The number of nitrogens with zero attached hydrogens (tertiary/aromatic N) is 2. The molecule has 2 aromatic rings. The minimum atomic E-state index is -0.956. The van der Waals surface area contributed by atoms with Crippen LogP contribution in [0.15, 0.2) is 36.4 Å². The van der Waals surface area contributed by atoms with E-state index in [0.29, 0.717) is 23.8 Å². The molecule has 0 radical (unpaired) electrons. The Morgan fingerprint density at radius 2 is 1.82 bits per heavy atom. The van der Waals surface area contributed by atoms with E-state index >= 15 is 0 Å². The standard InChI is InChI=1S/C22H24N2O4/c1-23-8-6-14(7-9-23)12-24-17-5-3-2-4-15(17)22(21(24)27)13-28-20-11-19(26)18(25)10-16(20)22/h2-5,10-11,14,25-26H,6-9,12-13H2,1H3. The summed E-state index contributed by atoms with van der Waals surface area (Å²) in [6, 6.07) is 10.7. The topological polar surface area (TPSA) is 73.2 Å². The van der Waals surface area contributed by atoms with Crippen molar-refractivity contribution in [3.63, 3.8) is 0 Å². The highest BCUT2D eigenvalue weighted by Gasteiger charge is 2.57. The molecule has 0 aromatic heterocycles. The first kappa shape index (κ1) is 17.4. The maximum Gasteiger partial charge on any atom is 0.245 e. The molecular weight excluding hydrogens is 356 g/mol. The van der Waals surface area contributed by atoms with Crippen LogP contribution < -0.4 is 9.64 Å². The molecule has 3 aliphatic rings. The van der Waals surface area contributed by atoms with E-state index < -0.39 is 5.41 Å². The lowest BCUT2D eigenvalue weighted by atomic mass is 9.77. The third kappa shape index (κ3) is 2.34. The summed E-state index contributed by atoms with van der Waals surface area (Å²) in [6.45, 7) is 2.99. The van der Waals surface area contributed by atoms with Gasteiger partial charge in [0.25, 0.3) is 0 Å². The number of amides is 1. The van der Waals surface area contributed by atoms with Gasteiger partial charge in [0, 0.05) is 23.9 Å². The van der Waals surface area contributed by atoms with Gasteiger partial charge in [0.1, 0.15) is 17.8 Å². The van der Waals surface area contributed by atoms with Crippen molar-refractivity contribution in [2.24, 2.45) is 5.92 Å². The van der Waals surface area contributed by atoms with Crippen molar-refractivity contribution in [1.82, 2.24) is 4.90 Å². The first-order valence-electron chi connectivity index (χ1n) is 9.80. The van der Waals surface area contributed by atoms with Gasteiger partial charge in [0.2, 0.25) is 5.91 Å². The molecule has 1 saturated heterocycles. The minimum absolute atomic E-state index is 0.00327. The monoisotopic (exact) mass is 380 g/mol. The van der Waals surface area contributed by atoms with Crippen LogP contribution in [0.2, 0.25) is 0 Å². The molecule has 1 fully saturated rings. The molecule has 1 atom stereocenters. The fourth-order valence-electron chi connectivity index (χ4n) is 4.88. The van der Waals surface area contributed by atoms with E-state index in [9.17, 15) is 15.0 Å². The minimum Gasteiger partial charge on any atom is -0.504 e. The SMILES string of the molecule is CN1CCC(CN2C(=O)C3(COc4cc(O)c(O)cc43)c3ccccc32)CC1. The molecule has 1 amide bonds. The summed E-state index contributed by atoms with van der Waals surface area (Å²) in [7, 11) is 2.14. The van der Waals surface area contributed by atoms with Gasteiger partial charge in [-0.2, -0.15) is 0 Å². The number of piperidine rings is 1. The zero-order chi connectivity index (χ0) is 19.5. The number of hydrogen-bond acceptors (Lipinski definition) is 5. The number of phenols is 2. The van der Waals surface area contributed by atoms with Crippen LogP contribution in [0.3, 0.4) is 0 Å². The van der Waals surface area contributed by atoms with Gasteiger partial charge in [-0.3, -0.25) is 4.79 Å². The molecule has 5 rings (SSSR count). The second kappa shape index (κ2) is 6.14. The predicted molar refractivity (Wildman–Crippen MR) is 105 cm³/mol. The number of para-hydroxylation sites is 1. The summed E-state index contributed by atoms with van der Waals surface area (Å²) in [5.74, 6) is 0.454. The van der Waals surface area contributed by atoms with Gasteiger partial charge in [-0.25, -0.2) is 0 Å². The number of likely N-dealkylation sites (tertiary alicyclic amines) is 1. The number of aromatic hydroxyl groups is 2. The van der Waals surface area contributed by atoms with E-state index in [1.165, 1.54) is 12.1 Å². The Hall–Kier alpha value is -2.73. The van der Waals surface area contributed by atoms with E-state index in [2.05, 4.69) is 11.9 Å². The van der Waals surface area contributed by atoms with Crippen molar-refractivity contribution in [2.75, 3.05) is 38.2 Å². The van der Waals surface area contributed by atoms with Gasteiger partial charge in [0.05, 0.1) is 0 Å². The van der Waals surface area contributed by atoms with Crippen molar-refractivity contribution in [1.29, 1.82) is 0 Å². The lowest BCUT2D eigenvalue weighted by Gasteiger charge is -2.32. The number of fused-ring (bicyclic) bond motifs is 4. The van der Waals surface area contributed by atoms with Gasteiger partial charge in [0.15, 0.2) is 11.5 Å². The number of hydrogen-bond donors (Lipinski definition) is 2. The lowest BCUT2D eigenvalue weighted by molar-refractivity contribution is -0.122. The van der Waals surface area contributed by atoms with Gasteiger partial charge in [-0.1, -0.05) is 18.2 Å². The maximum absolute atomic E-state index is 13.8. The van der Waals surface area contributed by atoms with Crippen LogP contribution in [0, 0.1) is 5.92 Å². The van der Waals surface area contributed by atoms with Crippen molar-refractivity contribution < 1.29 is 19.7 Å². The van der Waals surface area contributed by atoms with Crippen molar-refractivity contribution in [3.05, 3.63) is 47.5 Å². The van der Waals surface area contributed by atoms with Crippen LogP contribution in [0.25, 0.3) is 0 Å². The molecule has 3 aliphatic heterocycles. The summed E-state index contributed by atoms with van der Waals surface area (Å²) in [5, 5.41) is 19.9. The Morgan fingerprint density at radius 1 is 1.11 bits per heavy atom. The van der Waals surface area contributed by atoms with Crippen molar-refractivity contribution in [3.8, 4) is 17.2 Å². The Bertz CT molecular complexity index is 952. The van der Waals surface area contributed by atoms with Crippen LogP contribution in [0.1, 0.15) is 24.0 Å². The molecule has 3 heterocycles. The molecule has 1 unspecified atom stereocenters. The molecular formula is C22H24N2O4. The van der Waals surface area contributed by atoms with E-state index in [0.717, 1.165) is 37.2 Å². The summed E-state index contributed by atoms with van der Waals surface area (Å²) >= 11 is 0. The second-order valence-corrected chi connectivity index (χ2v) is 8.21. The second-order valence-electron chi connectivity index (χ2n) is 8.21. The first-order chi connectivity index (χ1) is 13.5. The fraction of sp³-hybridized carbons (Fsp3) is 0.409. The van der Waals surface area contributed by atoms with Crippen molar-refractivity contribution in [2.45, 2.75) is 18.3 Å².